The first-order chi connectivity index (χ1) is 33.5. The second-order valence-electron chi connectivity index (χ2n) is 16.5. The van der Waals surface area contributed by atoms with Crippen LogP contribution in [0.2, 0.25) is 0 Å². The van der Waals surface area contributed by atoms with Gasteiger partial charge in [0.2, 0.25) is 0 Å². The van der Waals surface area contributed by atoms with E-state index in [1.54, 1.807) is 0 Å². The topological polar surface area (TPSA) is 318 Å². The van der Waals surface area contributed by atoms with E-state index in [1.807, 2.05) is 0 Å². The average molecular weight is 1020 g/mol. The van der Waals surface area contributed by atoms with Gasteiger partial charge in [-0.3, -0.25) is 47.9 Å². The molecule has 3 aliphatic rings. The Labute approximate surface area is 409 Å². The fraction of sp³-hybridized carbons (Fsp3) is 0.778. The van der Waals surface area contributed by atoms with Crippen molar-refractivity contribution in [1.82, 2.24) is 0 Å². The summed E-state index contributed by atoms with van der Waals surface area (Å²) < 4.78 is 92.2. The molecule has 0 radical (unpaired) electrons. The highest BCUT2D eigenvalue weighted by atomic mass is 16.8. The molecule has 3 heterocycles. The molecule has 3 rings (SSSR count). The molecule has 1 unspecified atom stereocenters. The molecule has 0 aromatic heterocycles. The third-order valence-corrected chi connectivity index (χ3v) is 10.5. The van der Waals surface area contributed by atoms with E-state index in [1.165, 1.54) is 7.11 Å². The first kappa shape index (κ1) is 59.8. The van der Waals surface area contributed by atoms with Crippen molar-refractivity contribution in [2.45, 2.75) is 193 Å². The molecule has 0 N–H and O–H groups in total. The van der Waals surface area contributed by atoms with Gasteiger partial charge in [-0.15, -0.1) is 0 Å². The minimum absolute atomic E-state index is 0.00105. The molecule has 26 heteroatoms. The van der Waals surface area contributed by atoms with E-state index in [0.29, 0.717) is 25.7 Å². The predicted octanol–water partition coefficient (Wildman–Crippen LogP) is 1.13. The largest absolute Gasteiger partial charge is 0.469 e. The maximum absolute atomic E-state index is 13.0. The van der Waals surface area contributed by atoms with E-state index >= 15 is 0 Å². The van der Waals surface area contributed by atoms with Crippen molar-refractivity contribution in [3.63, 3.8) is 0 Å². The quantitative estimate of drug-likeness (QED) is 0.0703. The second kappa shape index (κ2) is 29.7. The van der Waals surface area contributed by atoms with E-state index in [2.05, 4.69) is 4.74 Å². The zero-order valence-electron chi connectivity index (χ0n) is 41.5. The number of rotatable bonds is 25. The lowest BCUT2D eigenvalue weighted by Crippen LogP contribution is -2.68. The van der Waals surface area contributed by atoms with Crippen LogP contribution in [0, 0.1) is 0 Å². The van der Waals surface area contributed by atoms with Crippen molar-refractivity contribution in [1.29, 1.82) is 0 Å². The van der Waals surface area contributed by atoms with Gasteiger partial charge in [0.05, 0.1) is 13.7 Å². The maximum atomic E-state index is 13.0. The molecule has 0 bridgehead atoms. The number of carbonyl (C=O) groups excluding carboxylic acids is 10. The van der Waals surface area contributed by atoms with E-state index in [-0.39, 0.29) is 12.6 Å². The molecule has 0 saturated carbocycles. The fourth-order valence-corrected chi connectivity index (χ4v) is 7.79. The van der Waals surface area contributed by atoms with Crippen LogP contribution in [-0.4, -0.2) is 179 Å². The number of methoxy groups -OCH3 is 1. The zero-order chi connectivity index (χ0) is 52.9. The number of hydrogen-bond acceptors (Lipinski definition) is 26. The number of hydrogen-bond donors (Lipinski definition) is 0. The maximum Gasteiger partial charge on any atom is 0.305 e. The molecule has 3 saturated heterocycles. The molecule has 0 spiro atoms. The minimum atomic E-state index is -2.01. The smallest absolute Gasteiger partial charge is 0.305 e. The highest BCUT2D eigenvalue weighted by Gasteiger charge is 2.59. The van der Waals surface area contributed by atoms with Crippen LogP contribution in [-0.2, 0) is 124 Å². The lowest BCUT2D eigenvalue weighted by Gasteiger charge is -2.50. The fourth-order valence-electron chi connectivity index (χ4n) is 7.79. The van der Waals surface area contributed by atoms with Crippen molar-refractivity contribution in [3.8, 4) is 0 Å². The first-order valence-electron chi connectivity index (χ1n) is 22.9. The number of ether oxygens (including phenoxy) is 16. The third-order valence-electron chi connectivity index (χ3n) is 10.5. The molecule has 3 aliphatic heterocycles. The van der Waals surface area contributed by atoms with E-state index < -0.39 is 160 Å². The Hall–Kier alpha value is -5.54. The van der Waals surface area contributed by atoms with Crippen LogP contribution in [0.4, 0.5) is 0 Å². The van der Waals surface area contributed by atoms with Crippen molar-refractivity contribution in [2.75, 3.05) is 33.5 Å². The SMILES string of the molecule is COC(=O)CCCCCCCCO[C@H]1O[C@H](COC(C)=O)[C@@H](OC(C)=O)[C@H](O[C@H]2O[C@H](COC(C)=O)[C@@H](OC(C)=O)[C@H](OC(C)=O)[C@H]2OC2OC[C@@H](OC(C)=O)[C@H](OC(C)=O)[C@H]2OC(C)=O)[C@H]1OC(C)=O. The summed E-state index contributed by atoms with van der Waals surface area (Å²) in [7, 11) is 1.32. The van der Waals surface area contributed by atoms with Crippen molar-refractivity contribution < 1.29 is 124 Å². The molecule has 0 aromatic carbocycles. The highest BCUT2D eigenvalue weighted by molar-refractivity contribution is 5.70. The summed E-state index contributed by atoms with van der Waals surface area (Å²) in [4.78, 5) is 125. The summed E-state index contributed by atoms with van der Waals surface area (Å²) in [5.41, 5.74) is 0. The van der Waals surface area contributed by atoms with Gasteiger partial charge in [0.1, 0.15) is 31.5 Å². The van der Waals surface area contributed by atoms with Crippen LogP contribution in [0.3, 0.4) is 0 Å². The molecular formula is C45H66O26. The van der Waals surface area contributed by atoms with Gasteiger partial charge in [0.15, 0.2) is 67.7 Å². The number of carbonyl (C=O) groups is 10. The van der Waals surface area contributed by atoms with E-state index in [9.17, 15) is 47.9 Å². The summed E-state index contributed by atoms with van der Waals surface area (Å²) in [6.07, 6.45) is -19.3. The minimum Gasteiger partial charge on any atom is -0.469 e. The summed E-state index contributed by atoms with van der Waals surface area (Å²) in [5, 5.41) is 0. The highest BCUT2D eigenvalue weighted by Crippen LogP contribution is 2.38. The molecule has 0 aromatic rings. The Morgan fingerprint density at radius 3 is 1.31 bits per heavy atom. The van der Waals surface area contributed by atoms with Gasteiger partial charge in [0, 0.05) is 75.3 Å². The van der Waals surface area contributed by atoms with Gasteiger partial charge in [0.25, 0.3) is 0 Å². The van der Waals surface area contributed by atoms with Crippen molar-refractivity contribution in [2.24, 2.45) is 0 Å². The van der Waals surface area contributed by atoms with Crippen LogP contribution in [0.1, 0.15) is 107 Å². The monoisotopic (exact) mass is 1020 g/mol. The Balaban J connectivity index is 2.22. The summed E-state index contributed by atoms with van der Waals surface area (Å²) >= 11 is 0. The number of unbranched alkanes of at least 4 members (excludes halogenated alkanes) is 5. The molecule has 14 atom stereocenters. The van der Waals surface area contributed by atoms with Gasteiger partial charge in [-0.25, -0.2) is 0 Å². The Kier molecular flexibility index (Phi) is 25.0. The third kappa shape index (κ3) is 20.2. The van der Waals surface area contributed by atoms with Gasteiger partial charge >= 0.3 is 59.7 Å². The molecular weight excluding hydrogens is 956 g/mol. The van der Waals surface area contributed by atoms with Crippen LogP contribution in [0.25, 0.3) is 0 Å². The lowest BCUT2D eigenvalue weighted by molar-refractivity contribution is -0.384. The second-order valence-corrected chi connectivity index (χ2v) is 16.5. The average Bonchev–Trinajstić information content (AvgIpc) is 3.25. The molecule has 3 fully saturated rings. The summed E-state index contributed by atoms with van der Waals surface area (Å²) in [6.45, 7) is 7.53. The van der Waals surface area contributed by atoms with E-state index in [4.69, 9.17) is 71.1 Å². The lowest BCUT2D eigenvalue weighted by atomic mass is 9.95. The molecule has 71 heavy (non-hydrogen) atoms. The van der Waals surface area contributed by atoms with Crippen LogP contribution in [0.15, 0.2) is 0 Å². The van der Waals surface area contributed by atoms with Gasteiger partial charge in [-0.05, 0) is 12.8 Å². The Morgan fingerprint density at radius 1 is 0.408 bits per heavy atom. The predicted molar refractivity (Wildman–Crippen MR) is 229 cm³/mol. The van der Waals surface area contributed by atoms with Crippen LogP contribution < -0.4 is 0 Å². The van der Waals surface area contributed by atoms with Gasteiger partial charge in [-0.1, -0.05) is 25.7 Å². The van der Waals surface area contributed by atoms with Crippen LogP contribution in [0.5, 0.6) is 0 Å². The molecule has 0 aliphatic carbocycles. The normalized spacial score (nSPS) is 29.2. The van der Waals surface area contributed by atoms with Crippen molar-refractivity contribution in [3.05, 3.63) is 0 Å². The van der Waals surface area contributed by atoms with Crippen molar-refractivity contribution >= 4 is 59.7 Å². The zero-order valence-corrected chi connectivity index (χ0v) is 41.5. The number of esters is 10. The summed E-state index contributed by atoms with van der Waals surface area (Å²) in [6, 6.07) is 0. The standard InChI is InChI=1S/C45H66O26/c1-22(46)58-19-32-36(63-26(5)50)39(41(67-30(9)54)43(68-32)57-18-16-14-12-11-13-15-17-34(55)56-10)70-45-42(38(65-28(7)52)35(62-25(4)49)33(69-45)20-59-23(2)47)71-44-40(66-29(8)53)37(64-27(6)51)31(21-60-44)61-24(3)48/h31-33,35-45H,11-21H2,1-10H3/t31-,32-,33-,35-,36-,37+,38+,39+,40-,41-,42-,43+,44?,45-/m1/s1. The molecule has 0 amide bonds. The first-order valence-corrected chi connectivity index (χ1v) is 22.9. The molecule has 26 nitrogen and oxygen atoms in total. The molecule has 402 valence electrons. The van der Waals surface area contributed by atoms with Gasteiger partial charge in [-0.2, -0.15) is 0 Å². The summed E-state index contributed by atoms with van der Waals surface area (Å²) in [5.74, 6) is -8.39. The van der Waals surface area contributed by atoms with E-state index in [0.717, 1.165) is 81.6 Å². The van der Waals surface area contributed by atoms with Crippen LogP contribution >= 0.6 is 0 Å². The Morgan fingerprint density at radius 2 is 0.817 bits per heavy atom. The van der Waals surface area contributed by atoms with Gasteiger partial charge < -0.3 is 75.8 Å². The Bertz CT molecular complexity index is 1840.